The third-order valence-corrected chi connectivity index (χ3v) is 7.64. The van der Waals surface area contributed by atoms with Crippen LogP contribution < -0.4 is 11.5 Å². The molecule has 4 aliphatic rings. The van der Waals surface area contributed by atoms with E-state index in [-0.39, 0.29) is 23.7 Å². The number of benzene rings is 1. The van der Waals surface area contributed by atoms with Gasteiger partial charge in [0.05, 0.1) is 11.6 Å². The zero-order valence-electron chi connectivity index (χ0n) is 19.0. The van der Waals surface area contributed by atoms with Crippen molar-refractivity contribution >= 4 is 34.9 Å². The molecule has 178 valence electrons. The molecule has 5 rings (SSSR count). The van der Waals surface area contributed by atoms with Gasteiger partial charge in [-0.3, -0.25) is 14.4 Å². The van der Waals surface area contributed by atoms with Crippen LogP contribution in [0.25, 0.3) is 5.76 Å². The van der Waals surface area contributed by atoms with Crippen molar-refractivity contribution in [1.82, 2.24) is 4.90 Å². The number of aliphatic hydroxyl groups excluding tert-OH is 2. The Morgan fingerprint density at radius 1 is 1.12 bits per heavy atom. The van der Waals surface area contributed by atoms with E-state index in [4.69, 9.17) is 11.5 Å². The van der Waals surface area contributed by atoms with Gasteiger partial charge >= 0.3 is 0 Å². The molecule has 0 radical (unpaired) electrons. The number of carbonyl (C=O) groups is 3. The Labute approximate surface area is 196 Å². The molecule has 1 unspecified atom stereocenters. The molecular formula is C25H28N4O5. The van der Waals surface area contributed by atoms with Gasteiger partial charge in [0, 0.05) is 30.6 Å². The highest BCUT2D eigenvalue weighted by Crippen LogP contribution is 2.50. The van der Waals surface area contributed by atoms with Crippen molar-refractivity contribution in [2.45, 2.75) is 39.0 Å². The minimum atomic E-state index is -1.05. The van der Waals surface area contributed by atoms with E-state index in [1.165, 1.54) is 0 Å². The summed E-state index contributed by atoms with van der Waals surface area (Å²) < 4.78 is 0. The Morgan fingerprint density at radius 2 is 1.82 bits per heavy atom. The molecule has 1 aromatic rings. The average molecular weight is 465 g/mol. The van der Waals surface area contributed by atoms with E-state index in [1.807, 2.05) is 24.0 Å². The van der Waals surface area contributed by atoms with Crippen LogP contribution in [0, 0.1) is 24.7 Å². The topological polar surface area (TPSA) is 159 Å². The minimum absolute atomic E-state index is 0.0448. The largest absolute Gasteiger partial charge is 0.511 e. The fraction of sp³-hybridized carbons (Fsp3) is 0.440. The quantitative estimate of drug-likeness (QED) is 0.296. The molecule has 1 aliphatic heterocycles. The van der Waals surface area contributed by atoms with Crippen molar-refractivity contribution in [3.63, 3.8) is 0 Å². The van der Waals surface area contributed by atoms with Gasteiger partial charge in [0.25, 0.3) is 5.91 Å². The van der Waals surface area contributed by atoms with Crippen molar-refractivity contribution < 1.29 is 24.6 Å². The van der Waals surface area contributed by atoms with Crippen LogP contribution in [0.5, 0.6) is 0 Å². The standard InChI is InChI=1S/C25H28N4O5/c1-11-4-5-15(28-25(27)29-6-2-3-7-29)14-9-12-8-13-10-16(30)20(24(26)34)23(33)19(13)22(32)18(12)21(31)17(11)14/h4-5,12-13,19,31,33H,2-3,6-10H2,1H3,(H2,26,34)(H2,27,28)/t12-,13+,19?/m1/s1. The first-order chi connectivity index (χ1) is 16.2. The third kappa shape index (κ3) is 3.29. The highest BCUT2D eigenvalue weighted by Gasteiger charge is 2.50. The number of aryl methyl sites for hydroxylation is 1. The second-order valence-electron chi connectivity index (χ2n) is 9.67. The molecular weight excluding hydrogens is 436 g/mol. The molecule has 3 aliphatic carbocycles. The molecule has 1 amide bonds. The molecule has 9 heteroatoms. The Kier molecular flexibility index (Phi) is 5.22. The number of nitrogens with zero attached hydrogens (tertiary/aromatic N) is 2. The Hall–Kier alpha value is -3.62. The number of primary amides is 1. The summed E-state index contributed by atoms with van der Waals surface area (Å²) in [7, 11) is 0. The number of likely N-dealkylation sites (tertiary alicyclic amines) is 1. The predicted molar refractivity (Wildman–Crippen MR) is 125 cm³/mol. The molecule has 0 aromatic heterocycles. The maximum Gasteiger partial charge on any atom is 0.255 e. The van der Waals surface area contributed by atoms with E-state index in [9.17, 15) is 24.6 Å². The maximum atomic E-state index is 13.5. The first-order valence-electron chi connectivity index (χ1n) is 11.6. The van der Waals surface area contributed by atoms with Crippen molar-refractivity contribution in [2.75, 3.05) is 13.1 Å². The summed E-state index contributed by atoms with van der Waals surface area (Å²) in [5, 5.41) is 21.9. The number of Topliss-reactive ketones (excluding diaryl/α,β-unsaturated/α-hetero) is 2. The van der Waals surface area contributed by atoms with Crippen LogP contribution in [-0.4, -0.2) is 51.6 Å². The van der Waals surface area contributed by atoms with E-state index >= 15 is 0 Å². The number of aliphatic hydroxyl groups is 2. The molecule has 0 spiro atoms. The van der Waals surface area contributed by atoms with Gasteiger partial charge in [-0.05, 0) is 61.6 Å². The number of hydrogen-bond donors (Lipinski definition) is 4. The number of ketones is 2. The van der Waals surface area contributed by atoms with Gasteiger partial charge in [-0.1, -0.05) is 6.07 Å². The van der Waals surface area contributed by atoms with Gasteiger partial charge < -0.3 is 26.6 Å². The van der Waals surface area contributed by atoms with E-state index in [0.717, 1.165) is 37.1 Å². The highest BCUT2D eigenvalue weighted by molar-refractivity contribution is 6.21. The molecule has 1 heterocycles. The van der Waals surface area contributed by atoms with Crippen molar-refractivity contribution in [3.05, 3.63) is 45.7 Å². The monoisotopic (exact) mass is 464 g/mol. The zero-order chi connectivity index (χ0) is 24.3. The number of allylic oxidation sites excluding steroid dienone is 2. The summed E-state index contributed by atoms with van der Waals surface area (Å²) in [6.07, 6.45) is 2.96. The van der Waals surface area contributed by atoms with Crippen LogP contribution in [-0.2, 0) is 20.8 Å². The highest BCUT2D eigenvalue weighted by atomic mass is 16.3. The van der Waals surface area contributed by atoms with Gasteiger partial charge in [0.2, 0.25) is 0 Å². The lowest BCUT2D eigenvalue weighted by Crippen LogP contribution is -2.44. The molecule has 2 fully saturated rings. The normalized spacial score (nSPS) is 27.0. The molecule has 0 bridgehead atoms. The summed E-state index contributed by atoms with van der Waals surface area (Å²) >= 11 is 0. The Morgan fingerprint density at radius 3 is 2.50 bits per heavy atom. The van der Waals surface area contributed by atoms with Crippen LogP contribution in [0.1, 0.15) is 42.4 Å². The van der Waals surface area contributed by atoms with Crippen molar-refractivity contribution in [1.29, 1.82) is 0 Å². The molecule has 1 aromatic carbocycles. The van der Waals surface area contributed by atoms with E-state index in [2.05, 4.69) is 4.99 Å². The first kappa shape index (κ1) is 22.2. The smallest absolute Gasteiger partial charge is 0.255 e. The van der Waals surface area contributed by atoms with Crippen molar-refractivity contribution in [3.8, 4) is 0 Å². The summed E-state index contributed by atoms with van der Waals surface area (Å²) in [6.45, 7) is 3.57. The van der Waals surface area contributed by atoms with E-state index < -0.39 is 40.6 Å². The van der Waals surface area contributed by atoms with Gasteiger partial charge in [0.15, 0.2) is 17.5 Å². The van der Waals surface area contributed by atoms with Crippen LogP contribution in [0.15, 0.2) is 34.0 Å². The maximum absolute atomic E-state index is 13.5. The summed E-state index contributed by atoms with van der Waals surface area (Å²) in [5.74, 6) is -4.17. The molecule has 1 saturated carbocycles. The van der Waals surface area contributed by atoms with Crippen LogP contribution in [0.2, 0.25) is 0 Å². The van der Waals surface area contributed by atoms with Crippen LogP contribution in [0.3, 0.4) is 0 Å². The number of hydrogen-bond acceptors (Lipinski definition) is 6. The molecule has 6 N–H and O–H groups in total. The van der Waals surface area contributed by atoms with Gasteiger partial charge in [0.1, 0.15) is 17.1 Å². The average Bonchev–Trinajstić information content (AvgIpc) is 3.30. The van der Waals surface area contributed by atoms with Gasteiger partial charge in [-0.25, -0.2) is 4.99 Å². The zero-order valence-corrected chi connectivity index (χ0v) is 19.0. The number of rotatable bonds is 2. The predicted octanol–water partition coefficient (Wildman–Crippen LogP) is 1.95. The molecule has 34 heavy (non-hydrogen) atoms. The van der Waals surface area contributed by atoms with Gasteiger partial charge in [-0.2, -0.15) is 0 Å². The fourth-order valence-corrected chi connectivity index (χ4v) is 6.06. The van der Waals surface area contributed by atoms with E-state index in [0.29, 0.717) is 30.1 Å². The number of fused-ring (bicyclic) bond motifs is 3. The number of carbonyl (C=O) groups excluding carboxylic acids is 3. The summed E-state index contributed by atoms with van der Waals surface area (Å²) in [6, 6.07) is 3.71. The van der Waals surface area contributed by atoms with Crippen molar-refractivity contribution in [2.24, 2.45) is 34.2 Å². The third-order valence-electron chi connectivity index (χ3n) is 7.64. The number of guanidine groups is 1. The SMILES string of the molecule is Cc1ccc(N=C(N)N2CCCC2)c2c1C(O)=C1C(=O)C3C(O)=C(C(N)=O)C(=O)C[C@@H]3C[C@@H]1C2. The second-order valence-corrected chi connectivity index (χ2v) is 9.67. The first-order valence-corrected chi connectivity index (χ1v) is 11.6. The summed E-state index contributed by atoms with van der Waals surface area (Å²) in [4.78, 5) is 44.4. The minimum Gasteiger partial charge on any atom is -0.511 e. The second kappa shape index (κ2) is 8.00. The lowest BCUT2D eigenvalue weighted by Gasteiger charge is -2.41. The van der Waals surface area contributed by atoms with Crippen LogP contribution in [0.4, 0.5) is 5.69 Å². The number of aliphatic imine (C=N–C) groups is 1. The fourth-order valence-electron chi connectivity index (χ4n) is 6.06. The molecule has 1 saturated heterocycles. The lowest BCUT2D eigenvalue weighted by atomic mass is 9.61. The number of amides is 1. The molecule has 9 nitrogen and oxygen atoms in total. The Balaban J connectivity index is 1.60. The summed E-state index contributed by atoms with van der Waals surface area (Å²) in [5.41, 5.74) is 14.1. The van der Waals surface area contributed by atoms with Crippen LogP contribution >= 0.6 is 0 Å². The lowest BCUT2D eigenvalue weighted by molar-refractivity contribution is -0.127. The van der Waals surface area contributed by atoms with Gasteiger partial charge in [-0.15, -0.1) is 0 Å². The Bertz CT molecular complexity index is 1220. The molecule has 3 atom stereocenters. The van der Waals surface area contributed by atoms with E-state index in [1.54, 1.807) is 0 Å². The number of nitrogens with two attached hydrogens (primary N) is 2.